The summed E-state index contributed by atoms with van der Waals surface area (Å²) in [5.41, 5.74) is 6.41. The zero-order chi connectivity index (χ0) is 31.2. The lowest BCUT2D eigenvalue weighted by Gasteiger charge is -2.39. The van der Waals surface area contributed by atoms with Crippen LogP contribution in [0.15, 0.2) is 96.2 Å². The van der Waals surface area contributed by atoms with Crippen molar-refractivity contribution in [2.24, 2.45) is 0 Å². The van der Waals surface area contributed by atoms with Gasteiger partial charge in [-0.25, -0.2) is 0 Å². The fourth-order valence-electron chi connectivity index (χ4n) is 6.23. The number of ether oxygens (including phenoxy) is 2. The van der Waals surface area contributed by atoms with Crippen LogP contribution in [0.25, 0.3) is 0 Å². The molecule has 0 unspecified atom stereocenters. The van der Waals surface area contributed by atoms with E-state index in [0.29, 0.717) is 52.2 Å². The first-order chi connectivity index (χ1) is 21.2. The van der Waals surface area contributed by atoms with Crippen LogP contribution in [0.5, 0.6) is 23.0 Å². The monoisotopic (exact) mass is 608 g/mol. The van der Waals surface area contributed by atoms with Crippen LogP contribution in [0.2, 0.25) is 0 Å². The largest absolute Gasteiger partial charge is 0.453 e. The minimum atomic E-state index is -4.90. The highest BCUT2D eigenvalue weighted by molar-refractivity contribution is 7.90. The van der Waals surface area contributed by atoms with Crippen LogP contribution >= 0.6 is 0 Å². The van der Waals surface area contributed by atoms with Crippen LogP contribution < -0.4 is 19.3 Å². The molecule has 8 heteroatoms. The fraction of sp³-hybridized carbons (Fsp3) is 0.222. The van der Waals surface area contributed by atoms with Gasteiger partial charge in [0.25, 0.3) is 0 Å². The number of hydrogen-bond acceptors (Lipinski definition) is 6. The molecule has 0 aromatic heterocycles. The van der Waals surface area contributed by atoms with Crippen molar-refractivity contribution in [2.45, 2.75) is 53.4 Å². The predicted octanol–water partition coefficient (Wildman–Crippen LogP) is 9.64. The lowest BCUT2D eigenvalue weighted by atomic mass is 9.95. The highest BCUT2D eigenvalue weighted by Gasteiger charge is 2.40. The first-order valence-electron chi connectivity index (χ1n) is 14.9. The summed E-state index contributed by atoms with van der Waals surface area (Å²) < 4.78 is 51.8. The SMILES string of the molecule is C=CC(=C(N1c2cc(CCC)ccc2Oc2c(C)cc(C)c(CCC)c21)S(=O)(=O)O)N1c2ccccc2Oc2ccccc21. The third-order valence-corrected chi connectivity index (χ3v) is 8.92. The summed E-state index contributed by atoms with van der Waals surface area (Å²) in [4.78, 5) is 3.46. The molecule has 0 radical (unpaired) electrons. The molecular weight excluding hydrogens is 572 g/mol. The Kier molecular flexibility index (Phi) is 7.73. The van der Waals surface area contributed by atoms with E-state index < -0.39 is 10.1 Å². The standard InChI is InChI=1S/C36H36N2O5S/c1-6-13-25-19-20-33-30(22-25)38(34-26(14-7-2)23(4)21-24(5)35(34)43-33)36(44(39,40)41)27(8-3)37-28-15-9-11-17-31(28)42-32-18-12-10-16-29(32)37/h8-12,15-22H,3,6-7,13-14H2,1-2,4-5H3,(H,39,40,41). The third-order valence-electron chi connectivity index (χ3n) is 8.04. The molecule has 7 nitrogen and oxygen atoms in total. The number of benzene rings is 4. The van der Waals surface area contributed by atoms with E-state index in [9.17, 15) is 13.0 Å². The first kappa shape index (κ1) is 29.5. The average molecular weight is 609 g/mol. The summed E-state index contributed by atoms with van der Waals surface area (Å²) in [5, 5.41) is -0.319. The van der Waals surface area contributed by atoms with Crippen LogP contribution in [0.3, 0.4) is 0 Å². The molecule has 1 N–H and O–H groups in total. The Morgan fingerprint density at radius 1 is 0.795 bits per heavy atom. The van der Waals surface area contributed by atoms with Crippen LogP contribution in [0, 0.1) is 13.8 Å². The third kappa shape index (κ3) is 4.94. The molecule has 226 valence electrons. The van der Waals surface area contributed by atoms with Crippen molar-refractivity contribution in [1.29, 1.82) is 0 Å². The molecule has 0 saturated heterocycles. The molecule has 44 heavy (non-hydrogen) atoms. The minimum Gasteiger partial charge on any atom is -0.453 e. The Morgan fingerprint density at radius 2 is 1.41 bits per heavy atom. The second kappa shape index (κ2) is 11.5. The van der Waals surface area contributed by atoms with E-state index >= 15 is 0 Å². The van der Waals surface area contributed by atoms with Crippen LogP contribution in [0.1, 0.15) is 48.9 Å². The van der Waals surface area contributed by atoms with Crippen molar-refractivity contribution < 1.29 is 22.4 Å². The second-order valence-corrected chi connectivity index (χ2v) is 12.5. The lowest BCUT2D eigenvalue weighted by Crippen LogP contribution is -2.32. The lowest BCUT2D eigenvalue weighted by molar-refractivity contribution is 0.467. The van der Waals surface area contributed by atoms with Crippen molar-refractivity contribution in [3.8, 4) is 23.0 Å². The summed E-state index contributed by atoms with van der Waals surface area (Å²) in [6, 6.07) is 22.7. The summed E-state index contributed by atoms with van der Waals surface area (Å²) in [5.74, 6) is 2.15. The van der Waals surface area contributed by atoms with Gasteiger partial charge >= 0.3 is 10.1 Å². The molecule has 0 fully saturated rings. The highest BCUT2D eigenvalue weighted by atomic mass is 32.2. The number of fused-ring (bicyclic) bond motifs is 4. The van der Waals surface area contributed by atoms with Gasteiger partial charge in [-0.1, -0.05) is 69.7 Å². The van der Waals surface area contributed by atoms with Gasteiger partial charge in [0, 0.05) is 0 Å². The smallest absolute Gasteiger partial charge is 0.312 e. The Labute approximate surface area is 259 Å². The molecule has 0 saturated carbocycles. The van der Waals surface area contributed by atoms with Gasteiger partial charge in [-0.05, 0) is 91.4 Å². The van der Waals surface area contributed by atoms with E-state index in [4.69, 9.17) is 9.47 Å². The molecule has 0 spiro atoms. The number of allylic oxidation sites excluding steroid dienone is 1. The van der Waals surface area contributed by atoms with Crippen LogP contribution in [0.4, 0.5) is 22.7 Å². The van der Waals surface area contributed by atoms with Gasteiger partial charge < -0.3 is 14.4 Å². The molecule has 4 aromatic carbocycles. The van der Waals surface area contributed by atoms with Crippen molar-refractivity contribution in [1.82, 2.24) is 0 Å². The van der Waals surface area contributed by atoms with Gasteiger partial charge in [0.1, 0.15) is 0 Å². The summed E-state index contributed by atoms with van der Waals surface area (Å²) >= 11 is 0. The molecule has 2 aliphatic heterocycles. The number of rotatable bonds is 8. The van der Waals surface area contributed by atoms with Gasteiger partial charge in [-0.3, -0.25) is 9.45 Å². The Bertz CT molecular complexity index is 1880. The first-order valence-corrected chi connectivity index (χ1v) is 16.4. The maximum absolute atomic E-state index is 13.9. The average Bonchev–Trinajstić information content (AvgIpc) is 3.00. The predicted molar refractivity (Wildman–Crippen MR) is 176 cm³/mol. The second-order valence-electron chi connectivity index (χ2n) is 11.1. The maximum atomic E-state index is 13.9. The quantitative estimate of drug-likeness (QED) is 0.158. The van der Waals surface area contributed by atoms with E-state index in [1.165, 1.54) is 6.08 Å². The zero-order valence-electron chi connectivity index (χ0n) is 25.4. The van der Waals surface area contributed by atoms with Crippen molar-refractivity contribution in [2.75, 3.05) is 9.80 Å². The Hall–Kier alpha value is -4.53. The van der Waals surface area contributed by atoms with Crippen molar-refractivity contribution in [3.05, 3.63) is 118 Å². The number of anilines is 4. The summed E-state index contributed by atoms with van der Waals surface area (Å²) in [6.07, 6.45) is 4.71. The van der Waals surface area contributed by atoms with E-state index in [0.717, 1.165) is 41.5 Å². The number of para-hydroxylation sites is 4. The van der Waals surface area contributed by atoms with Crippen molar-refractivity contribution in [3.63, 3.8) is 0 Å². The molecule has 6 rings (SSSR count). The van der Waals surface area contributed by atoms with Gasteiger partial charge in [0.2, 0.25) is 0 Å². The van der Waals surface area contributed by atoms with E-state index in [-0.39, 0.29) is 10.7 Å². The highest BCUT2D eigenvalue weighted by Crippen LogP contribution is 2.55. The summed E-state index contributed by atoms with van der Waals surface area (Å²) in [6.45, 7) is 12.3. The molecule has 0 amide bonds. The van der Waals surface area contributed by atoms with Crippen LogP contribution in [-0.4, -0.2) is 13.0 Å². The number of nitrogens with zero attached hydrogens (tertiary/aromatic N) is 2. The van der Waals surface area contributed by atoms with Crippen molar-refractivity contribution >= 4 is 32.9 Å². The fourth-order valence-corrected chi connectivity index (χ4v) is 7.09. The topological polar surface area (TPSA) is 79.3 Å². The van der Waals surface area contributed by atoms with Gasteiger partial charge in [-0.15, -0.1) is 0 Å². The van der Waals surface area contributed by atoms with Gasteiger partial charge in [0.05, 0.1) is 28.4 Å². The molecule has 4 aromatic rings. The Morgan fingerprint density at radius 3 is 2.00 bits per heavy atom. The molecule has 0 aliphatic carbocycles. The minimum absolute atomic E-state index is 0.178. The molecule has 2 aliphatic rings. The summed E-state index contributed by atoms with van der Waals surface area (Å²) in [7, 11) is -4.90. The maximum Gasteiger partial charge on any atom is 0.312 e. The molecular formula is C36H36N2O5S. The molecule has 0 bridgehead atoms. The van der Waals surface area contributed by atoms with Gasteiger partial charge in [-0.2, -0.15) is 8.42 Å². The van der Waals surface area contributed by atoms with Crippen LogP contribution in [-0.2, 0) is 23.0 Å². The normalized spacial score (nSPS) is 13.9. The number of hydrogen-bond donors (Lipinski definition) is 1. The van der Waals surface area contributed by atoms with E-state index in [2.05, 4.69) is 26.5 Å². The van der Waals surface area contributed by atoms with Gasteiger partial charge in [0.15, 0.2) is 28.0 Å². The van der Waals surface area contributed by atoms with E-state index in [1.54, 1.807) is 9.80 Å². The van der Waals surface area contributed by atoms with E-state index in [1.807, 2.05) is 80.6 Å². The molecule has 0 atom stereocenters. The molecule has 2 heterocycles. The Balaban J connectivity index is 1.76. The number of aryl methyl sites for hydroxylation is 3. The zero-order valence-corrected chi connectivity index (χ0v) is 26.2.